The molecule has 4 nitrogen and oxygen atoms in total. The fraction of sp³-hybridized carbons (Fsp3) is 0.895. The maximum atomic E-state index is 11.8. The molecule has 0 N–H and O–H groups in total. The molecule has 0 aromatic heterocycles. The third-order valence-electron chi connectivity index (χ3n) is 4.74. The van der Waals surface area contributed by atoms with Gasteiger partial charge in [-0.05, 0) is 43.4 Å². The summed E-state index contributed by atoms with van der Waals surface area (Å²) in [6.07, 6.45) is 7.44. The molecule has 0 atom stereocenters. The van der Waals surface area contributed by atoms with Crippen LogP contribution in [0, 0.1) is 11.3 Å². The summed E-state index contributed by atoms with van der Waals surface area (Å²) in [7, 11) is 0. The zero-order valence-corrected chi connectivity index (χ0v) is 15.4. The molecule has 1 rings (SSSR count). The van der Waals surface area contributed by atoms with Crippen molar-refractivity contribution in [2.75, 3.05) is 6.61 Å². The molecule has 0 radical (unpaired) electrons. The summed E-state index contributed by atoms with van der Waals surface area (Å²) in [5, 5.41) is 0. The van der Waals surface area contributed by atoms with Gasteiger partial charge >= 0.3 is 11.9 Å². The van der Waals surface area contributed by atoms with Crippen LogP contribution in [0.5, 0.6) is 0 Å². The fourth-order valence-electron chi connectivity index (χ4n) is 3.11. The molecule has 23 heavy (non-hydrogen) atoms. The Morgan fingerprint density at radius 1 is 0.957 bits per heavy atom. The smallest absolute Gasteiger partial charge is 0.306 e. The van der Waals surface area contributed by atoms with Gasteiger partial charge in [0, 0.05) is 0 Å². The van der Waals surface area contributed by atoms with Gasteiger partial charge in [0.1, 0.15) is 6.10 Å². The highest BCUT2D eigenvalue weighted by molar-refractivity contribution is 5.77. The second-order valence-electron chi connectivity index (χ2n) is 7.76. The molecule has 0 heterocycles. The molecule has 0 bridgehead atoms. The Bertz CT molecular complexity index is 362. The van der Waals surface area contributed by atoms with E-state index in [2.05, 4.69) is 27.7 Å². The summed E-state index contributed by atoms with van der Waals surface area (Å²) in [6, 6.07) is 0. The first kappa shape index (κ1) is 20.0. The molecule has 4 heteroatoms. The minimum atomic E-state index is -0.297. The van der Waals surface area contributed by atoms with Gasteiger partial charge in [-0.3, -0.25) is 9.59 Å². The number of hydrogen-bond acceptors (Lipinski definition) is 4. The largest absolute Gasteiger partial charge is 0.466 e. The van der Waals surface area contributed by atoms with Crippen molar-refractivity contribution < 1.29 is 19.1 Å². The number of ether oxygens (including phenoxy) is 2. The molecular formula is C19H34O4. The second kappa shape index (κ2) is 9.94. The van der Waals surface area contributed by atoms with E-state index in [4.69, 9.17) is 9.47 Å². The van der Waals surface area contributed by atoms with Gasteiger partial charge in [-0.25, -0.2) is 0 Å². The molecule has 0 aromatic rings. The van der Waals surface area contributed by atoms with Crippen LogP contribution in [0.1, 0.15) is 85.5 Å². The van der Waals surface area contributed by atoms with Gasteiger partial charge in [-0.1, -0.05) is 40.5 Å². The van der Waals surface area contributed by atoms with Crippen molar-refractivity contribution in [3.8, 4) is 0 Å². The fourth-order valence-corrected chi connectivity index (χ4v) is 3.11. The van der Waals surface area contributed by atoms with Crippen LogP contribution in [0.4, 0.5) is 0 Å². The van der Waals surface area contributed by atoms with Crippen LogP contribution in [-0.2, 0) is 19.1 Å². The number of rotatable bonds is 8. The lowest BCUT2D eigenvalue weighted by molar-refractivity contribution is -0.155. The van der Waals surface area contributed by atoms with Crippen LogP contribution >= 0.6 is 0 Å². The Hall–Kier alpha value is -1.06. The zero-order valence-electron chi connectivity index (χ0n) is 15.4. The van der Waals surface area contributed by atoms with E-state index in [1.165, 1.54) is 0 Å². The van der Waals surface area contributed by atoms with Crippen LogP contribution in [0.2, 0.25) is 0 Å². The van der Waals surface area contributed by atoms with E-state index in [0.29, 0.717) is 17.9 Å². The molecule has 1 saturated carbocycles. The van der Waals surface area contributed by atoms with Crippen LogP contribution in [0.15, 0.2) is 0 Å². The third-order valence-corrected chi connectivity index (χ3v) is 4.74. The van der Waals surface area contributed by atoms with Crippen LogP contribution in [-0.4, -0.2) is 24.6 Å². The molecule has 0 amide bonds. The van der Waals surface area contributed by atoms with Gasteiger partial charge in [0.15, 0.2) is 0 Å². The minimum Gasteiger partial charge on any atom is -0.466 e. The quantitative estimate of drug-likeness (QED) is 0.481. The predicted octanol–water partition coefficient (Wildman–Crippen LogP) is 4.65. The standard InChI is InChI=1S/C19H34O4/c1-5-6-7-14-22-17(20)12-13-18(21)23-16-10-8-15(9-11-16)19(2,3)4/h15-16H,5-14H2,1-4H3. The highest BCUT2D eigenvalue weighted by atomic mass is 16.5. The number of esters is 2. The summed E-state index contributed by atoms with van der Waals surface area (Å²) in [6.45, 7) is 9.38. The average Bonchev–Trinajstić information content (AvgIpc) is 2.49. The Balaban J connectivity index is 2.14. The Morgan fingerprint density at radius 3 is 2.13 bits per heavy atom. The highest BCUT2D eigenvalue weighted by Crippen LogP contribution is 2.38. The molecule has 1 aliphatic rings. The van der Waals surface area contributed by atoms with E-state index in [9.17, 15) is 9.59 Å². The van der Waals surface area contributed by atoms with E-state index >= 15 is 0 Å². The monoisotopic (exact) mass is 326 g/mol. The lowest BCUT2D eigenvalue weighted by Crippen LogP contribution is -2.30. The topological polar surface area (TPSA) is 52.6 Å². The molecule has 1 fully saturated rings. The Kier molecular flexibility index (Phi) is 8.64. The summed E-state index contributed by atoms with van der Waals surface area (Å²) in [5.41, 5.74) is 0.330. The number of hydrogen-bond donors (Lipinski definition) is 0. The number of carbonyl (C=O) groups excluding carboxylic acids is 2. The minimum absolute atomic E-state index is 0.0293. The highest BCUT2D eigenvalue weighted by Gasteiger charge is 2.31. The average molecular weight is 326 g/mol. The molecule has 0 saturated heterocycles. The van der Waals surface area contributed by atoms with E-state index in [0.717, 1.165) is 44.9 Å². The summed E-state index contributed by atoms with van der Waals surface area (Å²) in [5.74, 6) is 0.139. The van der Waals surface area contributed by atoms with Gasteiger partial charge in [0.05, 0.1) is 19.4 Å². The lowest BCUT2D eigenvalue weighted by Gasteiger charge is -2.36. The molecule has 0 spiro atoms. The van der Waals surface area contributed by atoms with Crippen molar-refractivity contribution in [3.05, 3.63) is 0 Å². The van der Waals surface area contributed by atoms with E-state index in [-0.39, 0.29) is 30.9 Å². The molecule has 134 valence electrons. The first-order chi connectivity index (χ1) is 10.8. The molecule has 0 unspecified atom stereocenters. The lowest BCUT2D eigenvalue weighted by atomic mass is 9.72. The van der Waals surface area contributed by atoms with Crippen molar-refractivity contribution in [2.24, 2.45) is 11.3 Å². The van der Waals surface area contributed by atoms with Crippen LogP contribution in [0.25, 0.3) is 0 Å². The third kappa shape index (κ3) is 8.38. The molecule has 0 aromatic carbocycles. The van der Waals surface area contributed by atoms with Crippen molar-refractivity contribution in [1.29, 1.82) is 0 Å². The normalized spacial score (nSPS) is 21.7. The van der Waals surface area contributed by atoms with Crippen molar-refractivity contribution in [2.45, 2.75) is 91.6 Å². The summed E-state index contributed by atoms with van der Waals surface area (Å²) in [4.78, 5) is 23.4. The predicted molar refractivity (Wildman–Crippen MR) is 91.0 cm³/mol. The molecule has 1 aliphatic carbocycles. The van der Waals surface area contributed by atoms with Gasteiger partial charge in [0.25, 0.3) is 0 Å². The first-order valence-electron chi connectivity index (χ1n) is 9.18. The summed E-state index contributed by atoms with van der Waals surface area (Å²) >= 11 is 0. The van der Waals surface area contributed by atoms with Crippen molar-refractivity contribution in [1.82, 2.24) is 0 Å². The SMILES string of the molecule is CCCCCOC(=O)CCC(=O)OC1CCC(C(C)(C)C)CC1. The summed E-state index contributed by atoms with van der Waals surface area (Å²) < 4.78 is 10.6. The van der Waals surface area contributed by atoms with Crippen LogP contribution in [0.3, 0.4) is 0 Å². The maximum Gasteiger partial charge on any atom is 0.306 e. The van der Waals surface area contributed by atoms with Crippen LogP contribution < -0.4 is 0 Å². The molecule has 0 aliphatic heterocycles. The van der Waals surface area contributed by atoms with Gasteiger partial charge in [-0.15, -0.1) is 0 Å². The zero-order chi connectivity index (χ0) is 17.3. The van der Waals surface area contributed by atoms with Crippen molar-refractivity contribution >= 4 is 11.9 Å². The Labute approximate surface area is 141 Å². The van der Waals surface area contributed by atoms with E-state index in [1.807, 2.05) is 0 Å². The number of carbonyl (C=O) groups is 2. The second-order valence-corrected chi connectivity index (χ2v) is 7.76. The molecular weight excluding hydrogens is 292 g/mol. The van der Waals surface area contributed by atoms with Gasteiger partial charge in [-0.2, -0.15) is 0 Å². The maximum absolute atomic E-state index is 11.8. The number of unbranched alkanes of at least 4 members (excludes halogenated alkanes) is 2. The van der Waals surface area contributed by atoms with Crippen molar-refractivity contribution in [3.63, 3.8) is 0 Å². The van der Waals surface area contributed by atoms with Gasteiger partial charge in [0.2, 0.25) is 0 Å². The Morgan fingerprint density at radius 2 is 1.57 bits per heavy atom. The van der Waals surface area contributed by atoms with E-state index < -0.39 is 0 Å². The first-order valence-corrected chi connectivity index (χ1v) is 9.18. The van der Waals surface area contributed by atoms with Gasteiger partial charge < -0.3 is 9.47 Å². The van der Waals surface area contributed by atoms with E-state index in [1.54, 1.807) is 0 Å².